The van der Waals surface area contributed by atoms with Crippen molar-refractivity contribution in [3.8, 4) is 0 Å². The third kappa shape index (κ3) is 3.78. The first-order valence-electron chi connectivity index (χ1n) is 5.36. The second-order valence-corrected chi connectivity index (χ2v) is 4.44. The molecule has 0 aliphatic carbocycles. The number of ether oxygens (including phenoxy) is 1. The predicted octanol–water partition coefficient (Wildman–Crippen LogP) is 2.80. The van der Waals surface area contributed by atoms with Gasteiger partial charge in [0.15, 0.2) is 0 Å². The maximum atomic E-state index is 13.1. The van der Waals surface area contributed by atoms with Gasteiger partial charge in [-0.05, 0) is 46.6 Å². The molecule has 1 aromatic carbocycles. The fraction of sp³-hybridized carbons (Fsp3) is 0.417. The van der Waals surface area contributed by atoms with E-state index in [-0.39, 0.29) is 11.8 Å². The fourth-order valence-electron chi connectivity index (χ4n) is 1.44. The maximum absolute atomic E-state index is 13.1. The lowest BCUT2D eigenvalue weighted by Crippen LogP contribution is -2.30. The zero-order valence-corrected chi connectivity index (χ0v) is 11.4. The number of esters is 1. The van der Waals surface area contributed by atoms with Crippen LogP contribution >= 0.6 is 15.9 Å². The van der Waals surface area contributed by atoms with Gasteiger partial charge in [-0.15, -0.1) is 0 Å². The number of nitrogens with one attached hydrogen (secondary N) is 1. The van der Waals surface area contributed by atoms with Crippen LogP contribution < -0.4 is 5.32 Å². The van der Waals surface area contributed by atoms with Crippen molar-refractivity contribution in [3.05, 3.63) is 34.1 Å². The number of methoxy groups -OCH3 is 1. The summed E-state index contributed by atoms with van der Waals surface area (Å²) in [6.07, 6.45) is 0.899. The molecule has 0 bridgehead atoms. The van der Waals surface area contributed by atoms with Crippen molar-refractivity contribution >= 4 is 21.9 Å². The third-order valence-electron chi connectivity index (χ3n) is 2.31. The monoisotopic (exact) mass is 303 g/mol. The van der Waals surface area contributed by atoms with Crippen LogP contribution in [-0.2, 0) is 9.53 Å². The summed E-state index contributed by atoms with van der Waals surface area (Å²) in [5.41, 5.74) is 0.679. The van der Waals surface area contributed by atoms with E-state index < -0.39 is 6.04 Å². The van der Waals surface area contributed by atoms with Crippen LogP contribution in [-0.4, -0.2) is 19.6 Å². The number of halogens is 2. The largest absolute Gasteiger partial charge is 0.468 e. The van der Waals surface area contributed by atoms with Gasteiger partial charge in [-0.3, -0.25) is 0 Å². The summed E-state index contributed by atoms with van der Waals surface area (Å²) in [6.45, 7) is 2.69. The van der Waals surface area contributed by atoms with Crippen molar-refractivity contribution in [1.29, 1.82) is 0 Å². The van der Waals surface area contributed by atoms with Crippen molar-refractivity contribution in [2.75, 3.05) is 13.7 Å². The van der Waals surface area contributed by atoms with E-state index in [0.29, 0.717) is 16.6 Å². The molecule has 1 atom stereocenters. The lowest BCUT2D eigenvalue weighted by molar-refractivity contribution is -0.143. The Balaban J connectivity index is 2.95. The molecule has 1 rings (SSSR count). The summed E-state index contributed by atoms with van der Waals surface area (Å²) in [5, 5.41) is 3.07. The summed E-state index contributed by atoms with van der Waals surface area (Å²) in [6, 6.07) is 3.92. The highest BCUT2D eigenvalue weighted by atomic mass is 79.9. The second kappa shape index (κ2) is 6.71. The summed E-state index contributed by atoms with van der Waals surface area (Å²) in [5.74, 6) is -0.732. The molecule has 3 nitrogen and oxygen atoms in total. The van der Waals surface area contributed by atoms with Gasteiger partial charge < -0.3 is 10.1 Å². The molecule has 0 aromatic heterocycles. The molecule has 94 valence electrons. The van der Waals surface area contributed by atoms with Crippen molar-refractivity contribution in [2.24, 2.45) is 0 Å². The van der Waals surface area contributed by atoms with Crippen LogP contribution in [0.5, 0.6) is 0 Å². The summed E-state index contributed by atoms with van der Waals surface area (Å²) < 4.78 is 18.2. The van der Waals surface area contributed by atoms with Gasteiger partial charge in [0.1, 0.15) is 11.9 Å². The Kier molecular flexibility index (Phi) is 5.58. The van der Waals surface area contributed by atoms with Gasteiger partial charge in [-0.1, -0.05) is 13.0 Å². The average molecular weight is 304 g/mol. The van der Waals surface area contributed by atoms with Gasteiger partial charge in [-0.2, -0.15) is 0 Å². The highest BCUT2D eigenvalue weighted by Crippen LogP contribution is 2.22. The molecule has 0 saturated heterocycles. The van der Waals surface area contributed by atoms with Gasteiger partial charge in [0.05, 0.1) is 11.6 Å². The Hall–Kier alpha value is -0.940. The number of hydrogen-bond acceptors (Lipinski definition) is 3. The minimum Gasteiger partial charge on any atom is -0.468 e. The SMILES string of the molecule is CCCNC(C(=O)OC)c1ccc(F)c(Br)c1. The fourth-order valence-corrected chi connectivity index (χ4v) is 1.83. The van der Waals surface area contributed by atoms with E-state index in [1.807, 2.05) is 6.92 Å². The van der Waals surface area contributed by atoms with E-state index in [1.54, 1.807) is 12.1 Å². The first-order valence-corrected chi connectivity index (χ1v) is 6.15. The molecular weight excluding hydrogens is 289 g/mol. The van der Waals surface area contributed by atoms with Crippen LogP contribution in [0.15, 0.2) is 22.7 Å². The van der Waals surface area contributed by atoms with E-state index in [4.69, 9.17) is 4.74 Å². The Morgan fingerprint density at radius 1 is 1.59 bits per heavy atom. The van der Waals surface area contributed by atoms with Crippen molar-refractivity contribution in [3.63, 3.8) is 0 Å². The first-order chi connectivity index (χ1) is 8.10. The Morgan fingerprint density at radius 2 is 2.29 bits per heavy atom. The van der Waals surface area contributed by atoms with Gasteiger partial charge >= 0.3 is 5.97 Å². The van der Waals surface area contributed by atoms with Crippen LogP contribution in [0.2, 0.25) is 0 Å². The van der Waals surface area contributed by atoms with Gasteiger partial charge in [0.2, 0.25) is 0 Å². The summed E-state index contributed by atoms with van der Waals surface area (Å²) in [4.78, 5) is 11.6. The minimum absolute atomic E-state index is 0.335. The zero-order chi connectivity index (χ0) is 12.8. The topological polar surface area (TPSA) is 38.3 Å². The molecule has 0 saturated carbocycles. The van der Waals surface area contributed by atoms with Gasteiger partial charge in [-0.25, -0.2) is 9.18 Å². The van der Waals surface area contributed by atoms with E-state index >= 15 is 0 Å². The number of benzene rings is 1. The van der Waals surface area contributed by atoms with E-state index in [9.17, 15) is 9.18 Å². The highest BCUT2D eigenvalue weighted by molar-refractivity contribution is 9.10. The Morgan fingerprint density at radius 3 is 2.82 bits per heavy atom. The number of hydrogen-bond donors (Lipinski definition) is 1. The normalized spacial score (nSPS) is 12.2. The van der Waals surface area contributed by atoms with Crippen LogP contribution in [0, 0.1) is 5.82 Å². The summed E-state index contributed by atoms with van der Waals surface area (Å²) in [7, 11) is 1.33. The number of carbonyl (C=O) groups is 1. The van der Waals surface area contributed by atoms with Gasteiger partial charge in [0.25, 0.3) is 0 Å². The first kappa shape index (κ1) is 14.1. The highest BCUT2D eigenvalue weighted by Gasteiger charge is 2.21. The molecule has 0 spiro atoms. The van der Waals surface area contributed by atoms with E-state index in [1.165, 1.54) is 13.2 Å². The van der Waals surface area contributed by atoms with E-state index in [0.717, 1.165) is 6.42 Å². The van der Waals surface area contributed by atoms with Crippen molar-refractivity contribution in [2.45, 2.75) is 19.4 Å². The second-order valence-electron chi connectivity index (χ2n) is 3.58. The molecule has 0 radical (unpaired) electrons. The zero-order valence-electron chi connectivity index (χ0n) is 9.80. The lowest BCUT2D eigenvalue weighted by Gasteiger charge is -2.16. The molecule has 1 N–H and O–H groups in total. The standard InChI is InChI=1S/C12H15BrFNO2/c1-3-6-15-11(12(16)17-2)8-4-5-10(14)9(13)7-8/h4-5,7,11,15H,3,6H2,1-2H3. The summed E-state index contributed by atoms with van der Waals surface area (Å²) >= 11 is 3.10. The predicted molar refractivity (Wildman–Crippen MR) is 67.2 cm³/mol. The molecule has 0 fully saturated rings. The Labute approximate surface area is 108 Å². The van der Waals surface area contributed by atoms with Crippen molar-refractivity contribution in [1.82, 2.24) is 5.32 Å². The smallest absolute Gasteiger partial charge is 0.327 e. The Bertz CT molecular complexity index is 398. The molecule has 0 aliphatic heterocycles. The molecule has 5 heteroatoms. The molecule has 17 heavy (non-hydrogen) atoms. The quantitative estimate of drug-likeness (QED) is 0.850. The van der Waals surface area contributed by atoms with E-state index in [2.05, 4.69) is 21.2 Å². The molecule has 0 heterocycles. The van der Waals surface area contributed by atoms with Crippen LogP contribution in [0.4, 0.5) is 4.39 Å². The molecule has 1 unspecified atom stereocenters. The molecule has 0 aliphatic rings. The minimum atomic E-state index is -0.558. The van der Waals surface area contributed by atoms with Crippen molar-refractivity contribution < 1.29 is 13.9 Å². The number of carbonyl (C=O) groups excluding carboxylic acids is 1. The van der Waals surface area contributed by atoms with Crippen LogP contribution in [0.1, 0.15) is 24.9 Å². The molecule has 1 aromatic rings. The average Bonchev–Trinajstić information content (AvgIpc) is 2.33. The molecule has 0 amide bonds. The van der Waals surface area contributed by atoms with Gasteiger partial charge in [0, 0.05) is 0 Å². The van der Waals surface area contributed by atoms with Crippen LogP contribution in [0.3, 0.4) is 0 Å². The maximum Gasteiger partial charge on any atom is 0.327 e. The third-order valence-corrected chi connectivity index (χ3v) is 2.92. The van der Waals surface area contributed by atoms with Crippen LogP contribution in [0.25, 0.3) is 0 Å². The number of rotatable bonds is 5. The lowest BCUT2D eigenvalue weighted by atomic mass is 10.1. The molecular formula is C12H15BrFNO2.